The van der Waals surface area contributed by atoms with E-state index in [0.29, 0.717) is 36.8 Å². The fraction of sp³-hybridized carbons (Fsp3) is 0.400. The molecule has 0 amide bonds. The Kier molecular flexibility index (Phi) is 4.18. The van der Waals surface area contributed by atoms with Gasteiger partial charge in [0.05, 0.1) is 10.8 Å². The summed E-state index contributed by atoms with van der Waals surface area (Å²) in [5.41, 5.74) is 0.309. The lowest BCUT2D eigenvalue weighted by atomic mass is 9.78. The summed E-state index contributed by atoms with van der Waals surface area (Å²) >= 11 is 0. The number of ketones is 3. The van der Waals surface area contributed by atoms with Crippen LogP contribution in [0.5, 0.6) is 0 Å². The monoisotopic (exact) mass is 374 g/mol. The Hall–Kier alpha value is -2.55. The molecule has 2 saturated carbocycles. The van der Waals surface area contributed by atoms with Gasteiger partial charge in [0.15, 0.2) is 17.3 Å². The lowest BCUT2D eigenvalue weighted by Gasteiger charge is -2.21. The van der Waals surface area contributed by atoms with Gasteiger partial charge in [-0.25, -0.2) is 0 Å². The van der Waals surface area contributed by atoms with Gasteiger partial charge in [0.1, 0.15) is 0 Å². The molecule has 0 N–H and O–H groups in total. The Bertz CT molecular complexity index is 938. The van der Waals surface area contributed by atoms with Crippen molar-refractivity contribution in [1.29, 1.82) is 0 Å². The normalized spacial score (nSPS) is 19.0. The van der Waals surface area contributed by atoms with E-state index in [1.165, 1.54) is 0 Å². The average molecular weight is 374 g/mol. The van der Waals surface area contributed by atoms with E-state index < -0.39 is 10.8 Å². The Balaban J connectivity index is 1.59. The molecule has 2 aliphatic carbocycles. The van der Waals surface area contributed by atoms with Crippen molar-refractivity contribution in [3.63, 3.8) is 0 Å². The second-order valence-corrected chi connectivity index (χ2v) is 9.34. The molecule has 0 aliphatic heterocycles. The number of hydrogen-bond donors (Lipinski definition) is 0. The zero-order chi connectivity index (χ0) is 20.2. The second-order valence-electron chi connectivity index (χ2n) is 9.34. The molecule has 3 nitrogen and oxygen atoms in total. The lowest BCUT2D eigenvalue weighted by molar-refractivity contribution is -0.126. The topological polar surface area (TPSA) is 51.2 Å². The minimum absolute atomic E-state index is 0.00877. The lowest BCUT2D eigenvalue weighted by Crippen LogP contribution is -2.37. The van der Waals surface area contributed by atoms with Crippen molar-refractivity contribution < 1.29 is 14.4 Å². The summed E-state index contributed by atoms with van der Waals surface area (Å²) in [6.45, 7) is 6.38. The SMILES string of the molecule is CC(C)(C)c1ccc(C(=O)C2(C(=O)C3(C(=O)c4ccccc4)CC3)CC2)cc1. The van der Waals surface area contributed by atoms with Crippen LogP contribution in [0.25, 0.3) is 0 Å². The van der Waals surface area contributed by atoms with Crippen molar-refractivity contribution in [2.24, 2.45) is 10.8 Å². The fourth-order valence-electron chi connectivity index (χ4n) is 4.09. The van der Waals surface area contributed by atoms with Crippen molar-refractivity contribution in [1.82, 2.24) is 0 Å². The Morgan fingerprint density at radius 2 is 1.11 bits per heavy atom. The van der Waals surface area contributed by atoms with Gasteiger partial charge in [-0.3, -0.25) is 14.4 Å². The molecule has 3 heteroatoms. The Morgan fingerprint density at radius 3 is 1.50 bits per heavy atom. The highest BCUT2D eigenvalue weighted by Crippen LogP contribution is 2.60. The molecule has 2 fully saturated rings. The molecular weight excluding hydrogens is 348 g/mol. The number of rotatable bonds is 6. The number of Topliss-reactive ketones (excluding diaryl/α,β-unsaturated/α-hetero) is 3. The molecule has 4 rings (SSSR count). The predicted molar refractivity (Wildman–Crippen MR) is 109 cm³/mol. The quantitative estimate of drug-likeness (QED) is 0.517. The first-order valence-corrected chi connectivity index (χ1v) is 10.0. The molecule has 0 aromatic heterocycles. The summed E-state index contributed by atoms with van der Waals surface area (Å²) in [6, 6.07) is 16.6. The third-order valence-electron chi connectivity index (χ3n) is 6.29. The van der Waals surface area contributed by atoms with Gasteiger partial charge in [0.25, 0.3) is 0 Å². The van der Waals surface area contributed by atoms with Crippen molar-refractivity contribution in [2.45, 2.75) is 51.9 Å². The molecule has 0 spiro atoms. The maximum absolute atomic E-state index is 13.4. The van der Waals surface area contributed by atoms with E-state index in [0.717, 1.165) is 5.56 Å². The number of hydrogen-bond acceptors (Lipinski definition) is 3. The van der Waals surface area contributed by atoms with Crippen molar-refractivity contribution in [3.8, 4) is 0 Å². The molecule has 28 heavy (non-hydrogen) atoms. The molecule has 0 saturated heterocycles. The van der Waals surface area contributed by atoms with E-state index in [9.17, 15) is 14.4 Å². The van der Waals surface area contributed by atoms with Crippen LogP contribution in [0.3, 0.4) is 0 Å². The number of carbonyl (C=O) groups is 3. The summed E-state index contributed by atoms with van der Waals surface area (Å²) in [6.07, 6.45) is 2.21. The van der Waals surface area contributed by atoms with Crippen LogP contribution in [-0.4, -0.2) is 17.3 Å². The fourth-order valence-corrected chi connectivity index (χ4v) is 4.09. The maximum Gasteiger partial charge on any atom is 0.176 e. The molecule has 0 heterocycles. The Labute approximate surface area is 166 Å². The smallest absolute Gasteiger partial charge is 0.176 e. The van der Waals surface area contributed by atoms with E-state index in [4.69, 9.17) is 0 Å². The van der Waals surface area contributed by atoms with Gasteiger partial charge in [-0.1, -0.05) is 75.4 Å². The standard InChI is InChI=1S/C25H26O3/c1-23(2,3)19-11-9-18(10-12-19)21(27)25(15-16-25)22(28)24(13-14-24)20(26)17-7-5-4-6-8-17/h4-12H,13-16H2,1-3H3. The summed E-state index contributed by atoms with van der Waals surface area (Å²) in [5, 5.41) is 0. The van der Waals surface area contributed by atoms with Crippen LogP contribution in [0.1, 0.15) is 72.7 Å². The van der Waals surface area contributed by atoms with Gasteiger partial charge in [-0.05, 0) is 36.7 Å². The van der Waals surface area contributed by atoms with Crippen LogP contribution in [0.15, 0.2) is 54.6 Å². The van der Waals surface area contributed by atoms with E-state index in [1.54, 1.807) is 12.1 Å². The van der Waals surface area contributed by atoms with E-state index in [2.05, 4.69) is 20.8 Å². The first-order chi connectivity index (χ1) is 13.2. The maximum atomic E-state index is 13.4. The van der Waals surface area contributed by atoms with Gasteiger partial charge in [-0.2, -0.15) is 0 Å². The molecule has 2 aromatic rings. The summed E-state index contributed by atoms with van der Waals surface area (Å²) < 4.78 is 0. The molecule has 0 bridgehead atoms. The zero-order valence-electron chi connectivity index (χ0n) is 16.7. The van der Waals surface area contributed by atoms with Crippen molar-refractivity contribution >= 4 is 17.3 Å². The summed E-state index contributed by atoms with van der Waals surface area (Å²) in [7, 11) is 0. The van der Waals surface area contributed by atoms with Crippen LogP contribution < -0.4 is 0 Å². The molecular formula is C25H26O3. The highest BCUT2D eigenvalue weighted by atomic mass is 16.2. The van der Waals surface area contributed by atoms with Crippen molar-refractivity contribution in [2.75, 3.05) is 0 Å². The van der Waals surface area contributed by atoms with E-state index in [-0.39, 0.29) is 22.8 Å². The third kappa shape index (κ3) is 2.94. The van der Waals surface area contributed by atoms with E-state index >= 15 is 0 Å². The van der Waals surface area contributed by atoms with Crippen LogP contribution in [0, 0.1) is 10.8 Å². The average Bonchev–Trinajstić information content (AvgIpc) is 3.61. The van der Waals surface area contributed by atoms with Crippen molar-refractivity contribution in [3.05, 3.63) is 71.3 Å². The van der Waals surface area contributed by atoms with Crippen LogP contribution >= 0.6 is 0 Å². The predicted octanol–water partition coefficient (Wildman–Crippen LogP) is 5.18. The summed E-state index contributed by atoms with van der Waals surface area (Å²) in [4.78, 5) is 39.7. The van der Waals surface area contributed by atoms with Crippen LogP contribution in [0.2, 0.25) is 0 Å². The Morgan fingerprint density at radius 1 is 0.679 bits per heavy atom. The number of carbonyl (C=O) groups excluding carboxylic acids is 3. The minimum atomic E-state index is -0.996. The number of benzene rings is 2. The third-order valence-corrected chi connectivity index (χ3v) is 6.29. The first kappa shape index (κ1) is 18.8. The summed E-state index contributed by atoms with van der Waals surface area (Å²) in [5.74, 6) is -0.399. The molecule has 0 unspecified atom stereocenters. The van der Waals surface area contributed by atoms with Crippen LogP contribution in [0.4, 0.5) is 0 Å². The molecule has 0 radical (unpaired) electrons. The largest absolute Gasteiger partial charge is 0.297 e. The van der Waals surface area contributed by atoms with Gasteiger partial charge in [-0.15, -0.1) is 0 Å². The van der Waals surface area contributed by atoms with Gasteiger partial charge >= 0.3 is 0 Å². The van der Waals surface area contributed by atoms with Gasteiger partial charge in [0.2, 0.25) is 0 Å². The molecule has 2 aliphatic rings. The highest BCUT2D eigenvalue weighted by Gasteiger charge is 2.68. The molecule has 144 valence electrons. The minimum Gasteiger partial charge on any atom is -0.297 e. The van der Waals surface area contributed by atoms with Gasteiger partial charge < -0.3 is 0 Å². The molecule has 2 aromatic carbocycles. The highest BCUT2D eigenvalue weighted by molar-refractivity contribution is 6.27. The zero-order valence-corrected chi connectivity index (χ0v) is 16.7. The molecule has 0 atom stereocenters. The second kappa shape index (κ2) is 6.23. The van der Waals surface area contributed by atoms with Crippen LogP contribution in [-0.2, 0) is 10.2 Å². The van der Waals surface area contributed by atoms with Gasteiger partial charge in [0, 0.05) is 11.1 Å². The van der Waals surface area contributed by atoms with E-state index in [1.807, 2.05) is 42.5 Å². The first-order valence-electron chi connectivity index (χ1n) is 10.0.